The molecule has 108 valence electrons. The maximum atomic E-state index is 12.3. The minimum Gasteiger partial charge on any atom is -0.383 e. The van der Waals surface area contributed by atoms with Gasteiger partial charge in [0.15, 0.2) is 0 Å². The number of aromatic nitrogens is 1. The van der Waals surface area contributed by atoms with E-state index in [9.17, 15) is 9.59 Å². The van der Waals surface area contributed by atoms with E-state index < -0.39 is 6.04 Å². The Labute approximate surface area is 118 Å². The van der Waals surface area contributed by atoms with E-state index in [1.807, 2.05) is 0 Å². The lowest BCUT2D eigenvalue weighted by Crippen LogP contribution is -2.50. The van der Waals surface area contributed by atoms with Crippen molar-refractivity contribution in [1.82, 2.24) is 15.6 Å². The summed E-state index contributed by atoms with van der Waals surface area (Å²) in [7, 11) is 0. The summed E-state index contributed by atoms with van der Waals surface area (Å²) >= 11 is 0. The zero-order chi connectivity index (χ0) is 14.4. The highest BCUT2D eigenvalue weighted by molar-refractivity contribution is 6.01. The van der Waals surface area contributed by atoms with Crippen molar-refractivity contribution >= 4 is 17.5 Å². The second-order valence-corrected chi connectivity index (χ2v) is 4.81. The van der Waals surface area contributed by atoms with Crippen LogP contribution in [0.5, 0.6) is 0 Å². The highest BCUT2D eigenvalue weighted by Crippen LogP contribution is 2.14. The number of hydrogen-bond donors (Lipinski definition) is 3. The first-order chi connectivity index (χ1) is 9.72. The Bertz CT molecular complexity index is 490. The van der Waals surface area contributed by atoms with Gasteiger partial charge in [0, 0.05) is 19.3 Å². The summed E-state index contributed by atoms with van der Waals surface area (Å²) in [6.45, 7) is 3.51. The first-order valence-electron chi connectivity index (χ1n) is 6.99. The number of rotatable bonds is 5. The van der Waals surface area contributed by atoms with Crippen LogP contribution in [0.4, 0.5) is 5.69 Å². The zero-order valence-corrected chi connectivity index (χ0v) is 11.6. The molecule has 3 N–H and O–H groups in total. The number of hydrogen-bond acceptors (Lipinski definition) is 4. The Morgan fingerprint density at radius 3 is 3.15 bits per heavy atom. The van der Waals surface area contributed by atoms with Gasteiger partial charge in [0.05, 0.1) is 17.4 Å². The van der Waals surface area contributed by atoms with Gasteiger partial charge in [0.2, 0.25) is 5.91 Å². The summed E-state index contributed by atoms with van der Waals surface area (Å²) in [5.41, 5.74) is 1.22. The predicted octanol–water partition coefficient (Wildman–Crippen LogP) is 0.912. The van der Waals surface area contributed by atoms with E-state index in [0.717, 1.165) is 19.4 Å². The van der Waals surface area contributed by atoms with Crippen molar-refractivity contribution in [2.45, 2.75) is 32.2 Å². The van der Waals surface area contributed by atoms with Crippen LogP contribution in [0.2, 0.25) is 0 Å². The van der Waals surface area contributed by atoms with Crippen LogP contribution in [-0.2, 0) is 4.79 Å². The van der Waals surface area contributed by atoms with Crippen LogP contribution in [0.25, 0.3) is 0 Å². The van der Waals surface area contributed by atoms with Crippen LogP contribution in [0, 0.1) is 0 Å². The maximum absolute atomic E-state index is 12.3. The fraction of sp³-hybridized carbons (Fsp3) is 0.500. The van der Waals surface area contributed by atoms with E-state index in [1.54, 1.807) is 18.5 Å². The van der Waals surface area contributed by atoms with Gasteiger partial charge in [0.1, 0.15) is 6.04 Å². The smallest absolute Gasteiger partial charge is 0.254 e. The summed E-state index contributed by atoms with van der Waals surface area (Å²) in [6.07, 6.45) is 5.73. The van der Waals surface area contributed by atoms with Crippen LogP contribution in [-0.4, -0.2) is 35.9 Å². The van der Waals surface area contributed by atoms with Crippen molar-refractivity contribution in [3.8, 4) is 0 Å². The monoisotopic (exact) mass is 276 g/mol. The van der Waals surface area contributed by atoms with Gasteiger partial charge in [0.25, 0.3) is 5.91 Å². The molecule has 2 amide bonds. The van der Waals surface area contributed by atoms with Gasteiger partial charge < -0.3 is 16.0 Å². The molecule has 0 radical (unpaired) electrons. The molecule has 1 saturated heterocycles. The number of piperidine rings is 1. The van der Waals surface area contributed by atoms with E-state index >= 15 is 0 Å². The molecule has 1 aliphatic heterocycles. The molecule has 20 heavy (non-hydrogen) atoms. The number of carbonyl (C=O) groups excluding carboxylic acids is 2. The molecule has 6 heteroatoms. The fourth-order valence-corrected chi connectivity index (χ4v) is 2.14. The molecule has 1 unspecified atom stereocenters. The Morgan fingerprint density at radius 2 is 2.40 bits per heavy atom. The summed E-state index contributed by atoms with van der Waals surface area (Å²) < 4.78 is 0. The average molecular weight is 276 g/mol. The van der Waals surface area contributed by atoms with Crippen LogP contribution in [0.1, 0.15) is 36.5 Å². The molecule has 0 spiro atoms. The normalized spacial score (nSPS) is 18.2. The maximum Gasteiger partial charge on any atom is 0.254 e. The lowest BCUT2D eigenvalue weighted by Gasteiger charge is -2.23. The molecule has 0 aromatic carbocycles. The predicted molar refractivity (Wildman–Crippen MR) is 76.5 cm³/mol. The molecule has 2 heterocycles. The van der Waals surface area contributed by atoms with Gasteiger partial charge >= 0.3 is 0 Å². The van der Waals surface area contributed by atoms with Gasteiger partial charge in [-0.2, -0.15) is 0 Å². The Balaban J connectivity index is 2.06. The highest BCUT2D eigenvalue weighted by atomic mass is 16.2. The second kappa shape index (κ2) is 6.88. The topological polar surface area (TPSA) is 83.1 Å². The lowest BCUT2D eigenvalue weighted by molar-refractivity contribution is -0.124. The van der Waals surface area contributed by atoms with E-state index in [2.05, 4.69) is 27.9 Å². The van der Waals surface area contributed by atoms with Crippen molar-refractivity contribution in [3.05, 3.63) is 24.0 Å². The number of nitrogens with zero attached hydrogens (tertiary/aromatic N) is 1. The van der Waals surface area contributed by atoms with E-state index in [1.165, 1.54) is 0 Å². The third-order valence-electron chi connectivity index (χ3n) is 3.22. The fourth-order valence-electron chi connectivity index (χ4n) is 2.14. The third-order valence-corrected chi connectivity index (χ3v) is 3.22. The number of carbonyl (C=O) groups is 2. The van der Waals surface area contributed by atoms with Crippen LogP contribution < -0.4 is 16.0 Å². The Morgan fingerprint density at radius 1 is 1.55 bits per heavy atom. The van der Waals surface area contributed by atoms with E-state index in [-0.39, 0.29) is 11.8 Å². The second-order valence-electron chi connectivity index (χ2n) is 4.81. The van der Waals surface area contributed by atoms with E-state index in [0.29, 0.717) is 24.2 Å². The quantitative estimate of drug-likeness (QED) is 0.746. The number of nitrogens with one attached hydrogen (secondary N) is 3. The molecule has 6 nitrogen and oxygen atoms in total. The van der Waals surface area contributed by atoms with Gasteiger partial charge in [-0.3, -0.25) is 14.6 Å². The number of anilines is 1. The lowest BCUT2D eigenvalue weighted by atomic mass is 10.1. The standard InChI is InChI=1S/C14H20N4O2/c1-2-6-16-12-9-15-8-5-10(12)13(19)18-11-4-3-7-17-14(11)20/h5,8-9,11,16H,2-4,6-7H2,1H3,(H,17,20)(H,18,19). The molecule has 1 aliphatic rings. The molecule has 1 fully saturated rings. The Hall–Kier alpha value is -2.11. The van der Waals surface area contributed by atoms with Gasteiger partial charge in [-0.15, -0.1) is 0 Å². The Kier molecular flexibility index (Phi) is 4.92. The number of amides is 2. The van der Waals surface area contributed by atoms with Crippen LogP contribution in [0.15, 0.2) is 18.5 Å². The molecule has 0 saturated carbocycles. The van der Waals surface area contributed by atoms with Gasteiger partial charge in [-0.1, -0.05) is 6.92 Å². The number of pyridine rings is 1. The molecule has 1 aromatic rings. The van der Waals surface area contributed by atoms with Crippen LogP contribution in [0.3, 0.4) is 0 Å². The van der Waals surface area contributed by atoms with E-state index in [4.69, 9.17) is 0 Å². The summed E-state index contributed by atoms with van der Waals surface area (Å²) in [6, 6.07) is 1.22. The van der Waals surface area contributed by atoms with Gasteiger partial charge in [-0.05, 0) is 25.3 Å². The minimum absolute atomic E-state index is 0.110. The minimum atomic E-state index is -0.441. The van der Waals surface area contributed by atoms with Crippen molar-refractivity contribution in [3.63, 3.8) is 0 Å². The van der Waals surface area contributed by atoms with Crippen molar-refractivity contribution < 1.29 is 9.59 Å². The zero-order valence-electron chi connectivity index (χ0n) is 11.6. The van der Waals surface area contributed by atoms with Crippen molar-refractivity contribution in [2.75, 3.05) is 18.4 Å². The summed E-state index contributed by atoms with van der Waals surface area (Å²) in [5.74, 6) is -0.352. The van der Waals surface area contributed by atoms with Gasteiger partial charge in [-0.25, -0.2) is 0 Å². The van der Waals surface area contributed by atoms with Crippen molar-refractivity contribution in [2.24, 2.45) is 0 Å². The average Bonchev–Trinajstić information content (AvgIpc) is 2.47. The van der Waals surface area contributed by atoms with Crippen molar-refractivity contribution in [1.29, 1.82) is 0 Å². The third kappa shape index (κ3) is 3.46. The highest BCUT2D eigenvalue weighted by Gasteiger charge is 2.24. The molecule has 0 bridgehead atoms. The molecule has 2 rings (SSSR count). The molecular weight excluding hydrogens is 256 g/mol. The summed E-state index contributed by atoms with van der Waals surface area (Å²) in [5, 5.41) is 8.71. The largest absolute Gasteiger partial charge is 0.383 e. The first kappa shape index (κ1) is 14.3. The van der Waals surface area contributed by atoms with Crippen LogP contribution >= 0.6 is 0 Å². The molecular formula is C14H20N4O2. The molecule has 1 atom stereocenters. The molecule has 1 aromatic heterocycles. The summed E-state index contributed by atoms with van der Waals surface area (Å²) in [4.78, 5) is 28.0. The first-order valence-corrected chi connectivity index (χ1v) is 6.99. The molecule has 0 aliphatic carbocycles. The SMILES string of the molecule is CCCNc1cnccc1C(=O)NC1CCCNC1=O.